The molecular formula is C11H5F5N2OS. The maximum Gasteiger partial charge on any atom is 0.434 e. The minimum absolute atomic E-state index is 0.419. The first-order chi connectivity index (χ1) is 9.29. The molecule has 0 aliphatic rings. The molecule has 1 aromatic carbocycles. The number of hydrogen-bond donors (Lipinski definition) is 1. The summed E-state index contributed by atoms with van der Waals surface area (Å²) in [6.07, 6.45) is -4.78. The Morgan fingerprint density at radius 3 is 2.55 bits per heavy atom. The molecule has 106 valence electrons. The third-order valence-electron chi connectivity index (χ3n) is 2.22. The van der Waals surface area contributed by atoms with Gasteiger partial charge in [0.2, 0.25) is 0 Å². The summed E-state index contributed by atoms with van der Waals surface area (Å²) in [4.78, 5) is 14.1. The van der Waals surface area contributed by atoms with Gasteiger partial charge in [0, 0.05) is 6.07 Å². The second-order valence-electron chi connectivity index (χ2n) is 3.61. The molecule has 1 N–H and O–H groups in total. The van der Waals surface area contributed by atoms with E-state index >= 15 is 0 Å². The van der Waals surface area contributed by atoms with Crippen LogP contribution in [0.15, 0.2) is 23.7 Å². The molecule has 20 heavy (non-hydrogen) atoms. The van der Waals surface area contributed by atoms with Crippen LogP contribution in [0.4, 0.5) is 27.6 Å². The molecular weight excluding hydrogens is 303 g/mol. The minimum atomic E-state index is -4.78. The Kier molecular flexibility index (Phi) is 3.71. The molecule has 0 atom stereocenters. The molecule has 0 fully saturated rings. The van der Waals surface area contributed by atoms with Crippen LogP contribution in [-0.4, -0.2) is 10.9 Å². The molecule has 0 spiro atoms. The maximum atomic E-state index is 13.3. The molecule has 9 heteroatoms. The topological polar surface area (TPSA) is 42.0 Å². The highest BCUT2D eigenvalue weighted by atomic mass is 32.1. The maximum absolute atomic E-state index is 13.3. The van der Waals surface area contributed by atoms with E-state index in [1.54, 1.807) is 0 Å². The monoisotopic (exact) mass is 308 g/mol. The third-order valence-corrected chi connectivity index (χ3v) is 3.05. The van der Waals surface area contributed by atoms with Gasteiger partial charge in [-0.2, -0.15) is 13.2 Å². The summed E-state index contributed by atoms with van der Waals surface area (Å²) in [6, 6.07) is 2.29. The fraction of sp³-hybridized carbons (Fsp3) is 0.0909. The van der Waals surface area contributed by atoms with E-state index in [0.717, 1.165) is 17.6 Å². The van der Waals surface area contributed by atoms with Gasteiger partial charge < -0.3 is 5.32 Å². The summed E-state index contributed by atoms with van der Waals surface area (Å²) in [7, 11) is 0. The van der Waals surface area contributed by atoms with Gasteiger partial charge in [0.15, 0.2) is 5.69 Å². The predicted molar refractivity (Wildman–Crippen MR) is 61.4 cm³/mol. The molecule has 2 aromatic rings. The van der Waals surface area contributed by atoms with Gasteiger partial charge >= 0.3 is 6.18 Å². The van der Waals surface area contributed by atoms with Crippen molar-refractivity contribution in [1.29, 1.82) is 0 Å². The second-order valence-corrected chi connectivity index (χ2v) is 4.46. The fourth-order valence-electron chi connectivity index (χ4n) is 1.38. The SMILES string of the molecule is O=C(Nc1ccc(F)cc1F)c1scnc1C(F)(F)F. The lowest BCUT2D eigenvalue weighted by Gasteiger charge is -2.08. The van der Waals surface area contributed by atoms with Crippen LogP contribution >= 0.6 is 11.3 Å². The number of benzene rings is 1. The highest BCUT2D eigenvalue weighted by Crippen LogP contribution is 2.33. The Morgan fingerprint density at radius 2 is 1.95 bits per heavy atom. The van der Waals surface area contributed by atoms with Crippen LogP contribution in [0.3, 0.4) is 0 Å². The van der Waals surface area contributed by atoms with E-state index in [-0.39, 0.29) is 0 Å². The Balaban J connectivity index is 2.27. The van der Waals surface area contributed by atoms with E-state index in [9.17, 15) is 26.7 Å². The third kappa shape index (κ3) is 2.93. The van der Waals surface area contributed by atoms with E-state index in [0.29, 0.717) is 17.4 Å². The van der Waals surface area contributed by atoms with Gasteiger partial charge in [0.25, 0.3) is 5.91 Å². The van der Waals surface area contributed by atoms with Crippen LogP contribution in [0, 0.1) is 11.6 Å². The average molecular weight is 308 g/mol. The van der Waals surface area contributed by atoms with Crippen LogP contribution in [0.25, 0.3) is 0 Å². The molecule has 0 bridgehead atoms. The predicted octanol–water partition coefficient (Wildman–Crippen LogP) is 3.69. The van der Waals surface area contributed by atoms with Crippen molar-refractivity contribution in [2.45, 2.75) is 6.18 Å². The lowest BCUT2D eigenvalue weighted by Crippen LogP contribution is -2.17. The largest absolute Gasteiger partial charge is 0.434 e. The van der Waals surface area contributed by atoms with E-state index in [1.165, 1.54) is 0 Å². The number of aromatic nitrogens is 1. The Bertz CT molecular complexity index is 653. The highest BCUT2D eigenvalue weighted by Gasteiger charge is 2.38. The summed E-state index contributed by atoms with van der Waals surface area (Å²) in [5.41, 5.74) is -0.904. The van der Waals surface area contributed by atoms with Crippen molar-refractivity contribution in [3.05, 3.63) is 45.9 Å². The molecule has 0 saturated heterocycles. The van der Waals surface area contributed by atoms with Gasteiger partial charge in [-0.25, -0.2) is 13.8 Å². The Hall–Kier alpha value is -2.03. The number of amides is 1. The molecule has 0 radical (unpaired) electrons. The molecule has 0 aliphatic heterocycles. The quantitative estimate of drug-likeness (QED) is 0.860. The summed E-state index contributed by atoms with van der Waals surface area (Å²) >= 11 is 0.473. The first kappa shape index (κ1) is 14.4. The van der Waals surface area contributed by atoms with Crippen LogP contribution in [-0.2, 0) is 6.18 Å². The number of carbonyl (C=O) groups is 1. The molecule has 1 amide bonds. The van der Waals surface area contributed by atoms with Gasteiger partial charge in [0.05, 0.1) is 11.2 Å². The number of halogens is 5. The molecule has 2 rings (SSSR count). The minimum Gasteiger partial charge on any atom is -0.319 e. The lowest BCUT2D eigenvalue weighted by molar-refractivity contribution is -0.141. The van der Waals surface area contributed by atoms with Gasteiger partial charge in [-0.1, -0.05) is 0 Å². The molecule has 1 aromatic heterocycles. The Morgan fingerprint density at radius 1 is 1.25 bits per heavy atom. The molecule has 3 nitrogen and oxygen atoms in total. The van der Waals surface area contributed by atoms with Gasteiger partial charge in [-0.05, 0) is 12.1 Å². The van der Waals surface area contributed by atoms with Crippen LogP contribution in [0.5, 0.6) is 0 Å². The Labute approximate surface area is 113 Å². The number of carbonyl (C=O) groups excluding carboxylic acids is 1. The number of alkyl halides is 3. The van der Waals surface area contributed by atoms with Crippen molar-refractivity contribution in [1.82, 2.24) is 4.98 Å². The van der Waals surface area contributed by atoms with E-state index in [2.05, 4.69) is 4.98 Å². The number of thiazole rings is 1. The van der Waals surface area contributed by atoms with Crippen LogP contribution < -0.4 is 5.32 Å². The summed E-state index contributed by atoms with van der Waals surface area (Å²) in [5, 5.41) is 1.94. The zero-order valence-electron chi connectivity index (χ0n) is 9.46. The van der Waals surface area contributed by atoms with E-state index in [1.807, 2.05) is 5.32 Å². The van der Waals surface area contributed by atoms with E-state index < -0.39 is 40.0 Å². The van der Waals surface area contributed by atoms with Crippen molar-refractivity contribution in [3.8, 4) is 0 Å². The zero-order valence-corrected chi connectivity index (χ0v) is 10.3. The summed E-state index contributed by atoms with van der Waals surface area (Å²) < 4.78 is 63.6. The smallest absolute Gasteiger partial charge is 0.319 e. The van der Waals surface area contributed by atoms with Gasteiger partial charge in [0.1, 0.15) is 16.5 Å². The summed E-state index contributed by atoms with van der Waals surface area (Å²) in [6.45, 7) is 0. The van der Waals surface area contributed by atoms with Gasteiger partial charge in [-0.15, -0.1) is 11.3 Å². The first-order valence-electron chi connectivity index (χ1n) is 5.06. The van der Waals surface area contributed by atoms with E-state index in [4.69, 9.17) is 0 Å². The number of nitrogens with zero attached hydrogens (tertiary/aromatic N) is 1. The fourth-order valence-corrected chi connectivity index (χ4v) is 2.08. The number of rotatable bonds is 2. The molecule has 0 saturated carbocycles. The van der Waals surface area contributed by atoms with Crippen molar-refractivity contribution in [2.24, 2.45) is 0 Å². The number of nitrogens with one attached hydrogen (secondary N) is 1. The van der Waals surface area contributed by atoms with Gasteiger partial charge in [-0.3, -0.25) is 4.79 Å². The van der Waals surface area contributed by atoms with Crippen molar-refractivity contribution in [3.63, 3.8) is 0 Å². The number of anilines is 1. The highest BCUT2D eigenvalue weighted by molar-refractivity contribution is 7.12. The standard InChI is InChI=1S/C11H5F5N2OS/c12-5-1-2-7(6(13)3-5)18-10(19)8-9(11(14,15)16)17-4-20-8/h1-4H,(H,18,19). The summed E-state index contributed by atoms with van der Waals surface area (Å²) in [5.74, 6) is -3.11. The molecule has 0 unspecified atom stereocenters. The molecule has 1 heterocycles. The first-order valence-corrected chi connectivity index (χ1v) is 5.94. The van der Waals surface area contributed by atoms with Crippen molar-refractivity contribution >= 4 is 22.9 Å². The lowest BCUT2D eigenvalue weighted by atomic mass is 10.2. The van der Waals surface area contributed by atoms with Crippen LogP contribution in [0.1, 0.15) is 15.4 Å². The second kappa shape index (κ2) is 5.16. The average Bonchev–Trinajstić information content (AvgIpc) is 2.81. The van der Waals surface area contributed by atoms with Crippen molar-refractivity contribution < 1.29 is 26.7 Å². The van der Waals surface area contributed by atoms with Crippen molar-refractivity contribution in [2.75, 3.05) is 5.32 Å². The van der Waals surface area contributed by atoms with Crippen LogP contribution in [0.2, 0.25) is 0 Å². The molecule has 0 aliphatic carbocycles. The zero-order chi connectivity index (χ0) is 14.9. The number of hydrogen-bond acceptors (Lipinski definition) is 3. The normalized spacial score (nSPS) is 11.4.